The van der Waals surface area contributed by atoms with Crippen LogP contribution in [0.15, 0.2) is 91.0 Å². The first-order chi connectivity index (χ1) is 14.6. The largest absolute Gasteiger partial charge is 0.350 e. The van der Waals surface area contributed by atoms with Crippen LogP contribution >= 0.6 is 0 Å². The van der Waals surface area contributed by atoms with Gasteiger partial charge >= 0.3 is 0 Å². The van der Waals surface area contributed by atoms with Crippen molar-refractivity contribution in [2.75, 3.05) is 13.2 Å². The monoisotopic (exact) mass is 404 g/mol. The van der Waals surface area contributed by atoms with Gasteiger partial charge in [-0.15, -0.1) is 0 Å². The molecule has 160 valence electrons. The summed E-state index contributed by atoms with van der Waals surface area (Å²) >= 11 is 0. The van der Waals surface area contributed by atoms with Crippen molar-refractivity contribution in [1.82, 2.24) is 0 Å². The van der Waals surface area contributed by atoms with E-state index in [1.807, 2.05) is 26.0 Å². The Bertz CT molecular complexity index is 735. The second-order valence-corrected chi connectivity index (χ2v) is 7.80. The SMILES string of the molecule is CC(C)(OCCc1ccccc1)OCCc1ccccc1.CCCc1ccccc1. The van der Waals surface area contributed by atoms with Gasteiger partial charge in [0.25, 0.3) is 0 Å². The number of ether oxygens (including phenoxy) is 2. The highest BCUT2D eigenvalue weighted by molar-refractivity contribution is 5.16. The summed E-state index contributed by atoms with van der Waals surface area (Å²) < 4.78 is 11.7. The van der Waals surface area contributed by atoms with Crippen LogP contribution < -0.4 is 0 Å². The number of rotatable bonds is 10. The third-order valence-corrected chi connectivity index (χ3v) is 4.75. The summed E-state index contributed by atoms with van der Waals surface area (Å²) in [6.45, 7) is 7.49. The average molecular weight is 405 g/mol. The van der Waals surface area contributed by atoms with E-state index in [0.717, 1.165) is 12.8 Å². The molecule has 3 aromatic rings. The first-order valence-electron chi connectivity index (χ1n) is 11.0. The summed E-state index contributed by atoms with van der Waals surface area (Å²) in [6.07, 6.45) is 4.27. The van der Waals surface area contributed by atoms with Gasteiger partial charge in [-0.3, -0.25) is 0 Å². The van der Waals surface area contributed by atoms with Crippen LogP contribution in [-0.4, -0.2) is 19.0 Å². The number of hydrogen-bond donors (Lipinski definition) is 0. The Hall–Kier alpha value is -2.42. The number of aryl methyl sites for hydroxylation is 1. The van der Waals surface area contributed by atoms with Crippen LogP contribution in [0.5, 0.6) is 0 Å². The minimum atomic E-state index is -0.538. The second-order valence-electron chi connectivity index (χ2n) is 7.80. The lowest BCUT2D eigenvalue weighted by atomic mass is 10.1. The molecule has 0 bridgehead atoms. The van der Waals surface area contributed by atoms with E-state index in [2.05, 4.69) is 85.8 Å². The molecule has 3 rings (SSSR count). The highest BCUT2D eigenvalue weighted by atomic mass is 16.7. The maximum Gasteiger partial charge on any atom is 0.162 e. The Labute approximate surface area is 182 Å². The quantitative estimate of drug-likeness (QED) is 0.343. The van der Waals surface area contributed by atoms with Crippen LogP contribution in [-0.2, 0) is 28.7 Å². The van der Waals surface area contributed by atoms with E-state index >= 15 is 0 Å². The molecular formula is C28H36O2. The van der Waals surface area contributed by atoms with Crippen LogP contribution in [0.25, 0.3) is 0 Å². The maximum atomic E-state index is 5.85. The van der Waals surface area contributed by atoms with Crippen molar-refractivity contribution in [3.63, 3.8) is 0 Å². The molecule has 0 saturated heterocycles. The highest BCUT2D eigenvalue weighted by Gasteiger charge is 2.18. The Balaban J connectivity index is 0.000000297. The lowest BCUT2D eigenvalue weighted by Gasteiger charge is -2.26. The van der Waals surface area contributed by atoms with Crippen molar-refractivity contribution in [2.24, 2.45) is 0 Å². The minimum absolute atomic E-state index is 0.538. The molecule has 2 heteroatoms. The van der Waals surface area contributed by atoms with Crippen LogP contribution in [0.4, 0.5) is 0 Å². The molecule has 30 heavy (non-hydrogen) atoms. The standard InChI is InChI=1S/C19H24O2.C9H12/c1-19(2,20-15-13-17-9-5-3-6-10-17)21-16-14-18-11-7-4-8-12-18;1-2-6-9-7-4-3-5-8-9/h3-12H,13-16H2,1-2H3;3-5,7-8H,2,6H2,1H3. The molecule has 0 N–H and O–H groups in total. The summed E-state index contributed by atoms with van der Waals surface area (Å²) in [5, 5.41) is 0. The fraction of sp³-hybridized carbons (Fsp3) is 0.357. The van der Waals surface area contributed by atoms with Gasteiger partial charge in [-0.1, -0.05) is 104 Å². The molecule has 0 aromatic heterocycles. The van der Waals surface area contributed by atoms with Gasteiger partial charge in [-0.2, -0.15) is 0 Å². The molecule has 0 unspecified atom stereocenters. The molecule has 0 radical (unpaired) electrons. The van der Waals surface area contributed by atoms with Crippen molar-refractivity contribution >= 4 is 0 Å². The zero-order valence-corrected chi connectivity index (χ0v) is 18.7. The molecule has 0 aliphatic carbocycles. The summed E-state index contributed by atoms with van der Waals surface area (Å²) in [5.41, 5.74) is 4.02. The highest BCUT2D eigenvalue weighted by Crippen LogP contribution is 2.13. The molecular weight excluding hydrogens is 368 g/mol. The summed E-state index contributed by atoms with van der Waals surface area (Å²) in [7, 11) is 0. The third kappa shape index (κ3) is 10.4. The van der Waals surface area contributed by atoms with Gasteiger partial charge in [-0.05, 0) is 49.8 Å². The minimum Gasteiger partial charge on any atom is -0.350 e. The predicted molar refractivity (Wildman–Crippen MR) is 127 cm³/mol. The van der Waals surface area contributed by atoms with E-state index in [1.165, 1.54) is 29.5 Å². The zero-order valence-electron chi connectivity index (χ0n) is 18.7. The predicted octanol–water partition coefficient (Wildman–Crippen LogP) is 6.88. The van der Waals surface area contributed by atoms with Crippen molar-refractivity contribution in [3.05, 3.63) is 108 Å². The van der Waals surface area contributed by atoms with Gasteiger partial charge in [0, 0.05) is 0 Å². The summed E-state index contributed by atoms with van der Waals surface area (Å²) in [6, 6.07) is 31.3. The van der Waals surface area contributed by atoms with Crippen molar-refractivity contribution in [1.29, 1.82) is 0 Å². The zero-order chi connectivity index (χ0) is 21.5. The van der Waals surface area contributed by atoms with E-state index in [1.54, 1.807) is 0 Å². The van der Waals surface area contributed by atoms with Crippen LogP contribution in [0.2, 0.25) is 0 Å². The number of hydrogen-bond acceptors (Lipinski definition) is 2. The van der Waals surface area contributed by atoms with Crippen LogP contribution in [0, 0.1) is 0 Å². The van der Waals surface area contributed by atoms with Crippen LogP contribution in [0.3, 0.4) is 0 Å². The molecule has 0 atom stereocenters. The van der Waals surface area contributed by atoms with E-state index in [4.69, 9.17) is 9.47 Å². The van der Waals surface area contributed by atoms with Crippen molar-refractivity contribution in [3.8, 4) is 0 Å². The normalized spacial score (nSPS) is 10.9. The van der Waals surface area contributed by atoms with Crippen molar-refractivity contribution < 1.29 is 9.47 Å². The van der Waals surface area contributed by atoms with Crippen LogP contribution in [0.1, 0.15) is 43.9 Å². The van der Waals surface area contributed by atoms with Gasteiger partial charge in [0.05, 0.1) is 13.2 Å². The molecule has 0 aliphatic rings. The van der Waals surface area contributed by atoms with Gasteiger partial charge in [0.1, 0.15) is 0 Å². The van der Waals surface area contributed by atoms with E-state index < -0.39 is 5.79 Å². The molecule has 0 spiro atoms. The smallest absolute Gasteiger partial charge is 0.162 e. The fourth-order valence-electron chi connectivity index (χ4n) is 3.09. The molecule has 0 fully saturated rings. The molecule has 0 heterocycles. The molecule has 3 aromatic carbocycles. The average Bonchev–Trinajstić information content (AvgIpc) is 2.76. The Morgan fingerprint density at radius 2 is 0.867 bits per heavy atom. The maximum absolute atomic E-state index is 5.85. The fourth-order valence-corrected chi connectivity index (χ4v) is 3.09. The Kier molecular flexibility index (Phi) is 10.9. The van der Waals surface area contributed by atoms with Gasteiger partial charge in [0.15, 0.2) is 5.79 Å². The van der Waals surface area contributed by atoms with E-state index in [-0.39, 0.29) is 0 Å². The van der Waals surface area contributed by atoms with Gasteiger partial charge < -0.3 is 9.47 Å². The topological polar surface area (TPSA) is 18.5 Å². The Morgan fingerprint density at radius 3 is 1.20 bits per heavy atom. The lowest BCUT2D eigenvalue weighted by molar-refractivity contribution is -0.212. The molecule has 0 saturated carbocycles. The second kappa shape index (κ2) is 13.7. The number of benzene rings is 3. The van der Waals surface area contributed by atoms with E-state index in [9.17, 15) is 0 Å². The summed E-state index contributed by atoms with van der Waals surface area (Å²) in [5.74, 6) is -0.538. The summed E-state index contributed by atoms with van der Waals surface area (Å²) in [4.78, 5) is 0. The molecule has 0 amide bonds. The molecule has 0 aliphatic heterocycles. The van der Waals surface area contributed by atoms with E-state index in [0.29, 0.717) is 13.2 Å². The first kappa shape index (κ1) is 23.9. The first-order valence-corrected chi connectivity index (χ1v) is 11.0. The third-order valence-electron chi connectivity index (χ3n) is 4.75. The molecule has 2 nitrogen and oxygen atoms in total. The van der Waals surface area contributed by atoms with Gasteiger partial charge in [-0.25, -0.2) is 0 Å². The van der Waals surface area contributed by atoms with Gasteiger partial charge in [0.2, 0.25) is 0 Å². The Morgan fingerprint density at radius 1 is 0.533 bits per heavy atom. The lowest BCUT2D eigenvalue weighted by Crippen LogP contribution is -2.30. The van der Waals surface area contributed by atoms with Crippen molar-refractivity contribution in [2.45, 2.75) is 52.2 Å².